The van der Waals surface area contributed by atoms with Gasteiger partial charge < -0.3 is 14.2 Å². The first-order chi connectivity index (χ1) is 18.5. The number of fused-ring (bicyclic) bond motifs is 1. The number of amides is 1. The lowest BCUT2D eigenvalue weighted by atomic mass is 9.87. The molecule has 206 valence electrons. The van der Waals surface area contributed by atoms with Gasteiger partial charge in [-0.1, -0.05) is 39.0 Å². The fraction of sp³-hybridized carbons (Fsp3) is 0.321. The molecule has 1 heterocycles. The third-order valence-electron chi connectivity index (χ3n) is 6.43. The summed E-state index contributed by atoms with van der Waals surface area (Å²) >= 11 is 1.07. The molecule has 9 nitrogen and oxygen atoms in total. The number of carbonyl (C=O) groups is 1. The zero-order valence-electron chi connectivity index (χ0n) is 22.6. The number of nitrogens with zero attached hydrogens (tertiary/aromatic N) is 2. The minimum Gasteiger partial charge on any atom is -0.493 e. The lowest BCUT2D eigenvalue weighted by Crippen LogP contribution is -2.35. The highest BCUT2D eigenvalue weighted by atomic mass is 32.2. The predicted octanol–water partition coefficient (Wildman–Crippen LogP) is 4.85. The smallest absolute Gasteiger partial charge is 0.264 e. The largest absolute Gasteiger partial charge is 0.493 e. The summed E-state index contributed by atoms with van der Waals surface area (Å²) in [5, 5.41) is 0. The Hall–Kier alpha value is -3.70. The monoisotopic (exact) mass is 569 g/mol. The number of aromatic nitrogens is 2. The minimum atomic E-state index is -4.13. The Morgan fingerprint density at radius 3 is 2.08 bits per heavy atom. The Kier molecular flexibility index (Phi) is 8.12. The molecular formula is C28H31N3O6S2. The number of hydrogen-bond donors (Lipinski definition) is 1. The Bertz CT molecular complexity index is 1570. The SMILES string of the molecule is COc1cc(CC(C(=O)NS(=O)(=O)c2ccc(C(C)(C)C)cc2)c2ccc3nsnc3c2)cc(OC)c1OC. The fourth-order valence-electron chi connectivity index (χ4n) is 4.26. The molecule has 39 heavy (non-hydrogen) atoms. The van der Waals surface area contributed by atoms with E-state index in [1.807, 2.05) is 20.8 Å². The maximum absolute atomic E-state index is 13.7. The maximum atomic E-state index is 13.7. The van der Waals surface area contributed by atoms with E-state index in [0.717, 1.165) is 17.3 Å². The first-order valence-electron chi connectivity index (χ1n) is 12.1. The molecule has 0 fully saturated rings. The molecule has 1 unspecified atom stereocenters. The van der Waals surface area contributed by atoms with Crippen molar-refractivity contribution in [1.82, 2.24) is 13.5 Å². The van der Waals surface area contributed by atoms with Crippen LogP contribution in [0.4, 0.5) is 0 Å². The highest BCUT2D eigenvalue weighted by Crippen LogP contribution is 2.39. The molecule has 0 aliphatic carbocycles. The zero-order valence-corrected chi connectivity index (χ0v) is 24.3. The molecule has 0 aliphatic rings. The second kappa shape index (κ2) is 11.2. The van der Waals surface area contributed by atoms with E-state index in [2.05, 4.69) is 13.5 Å². The van der Waals surface area contributed by atoms with Crippen molar-refractivity contribution in [3.8, 4) is 17.2 Å². The summed E-state index contributed by atoms with van der Waals surface area (Å²) in [6, 6.07) is 15.3. The molecule has 3 aromatic carbocycles. The number of nitrogens with one attached hydrogen (secondary N) is 1. The molecule has 1 aromatic heterocycles. The number of hydrogen-bond acceptors (Lipinski definition) is 9. The van der Waals surface area contributed by atoms with Crippen LogP contribution < -0.4 is 18.9 Å². The van der Waals surface area contributed by atoms with E-state index in [4.69, 9.17) is 14.2 Å². The van der Waals surface area contributed by atoms with E-state index in [1.54, 1.807) is 42.5 Å². The summed E-state index contributed by atoms with van der Waals surface area (Å²) in [5.41, 5.74) is 3.45. The first kappa shape index (κ1) is 28.3. The van der Waals surface area contributed by atoms with E-state index < -0.39 is 21.8 Å². The average Bonchev–Trinajstić information content (AvgIpc) is 3.38. The molecule has 0 saturated heterocycles. The summed E-state index contributed by atoms with van der Waals surface area (Å²) in [4.78, 5) is 13.7. The Morgan fingerprint density at radius 2 is 1.51 bits per heavy atom. The number of rotatable bonds is 9. The molecule has 0 bridgehead atoms. The predicted molar refractivity (Wildman–Crippen MR) is 150 cm³/mol. The molecule has 11 heteroatoms. The Morgan fingerprint density at radius 1 is 0.897 bits per heavy atom. The van der Waals surface area contributed by atoms with Gasteiger partial charge in [-0.15, -0.1) is 0 Å². The highest BCUT2D eigenvalue weighted by molar-refractivity contribution is 7.90. The Labute approximate surface area is 232 Å². The maximum Gasteiger partial charge on any atom is 0.264 e. The van der Waals surface area contributed by atoms with Crippen molar-refractivity contribution >= 4 is 38.7 Å². The van der Waals surface area contributed by atoms with Crippen molar-refractivity contribution in [1.29, 1.82) is 0 Å². The van der Waals surface area contributed by atoms with Crippen LogP contribution in [0.5, 0.6) is 17.2 Å². The van der Waals surface area contributed by atoms with Crippen LogP contribution in [-0.2, 0) is 26.7 Å². The van der Waals surface area contributed by atoms with Crippen LogP contribution >= 0.6 is 11.7 Å². The van der Waals surface area contributed by atoms with Crippen molar-refractivity contribution < 1.29 is 27.4 Å². The third-order valence-corrected chi connectivity index (χ3v) is 8.35. The lowest BCUT2D eigenvalue weighted by molar-refractivity contribution is -0.120. The minimum absolute atomic E-state index is 0.00883. The Balaban J connectivity index is 1.71. The van der Waals surface area contributed by atoms with Crippen LogP contribution in [0.1, 0.15) is 43.4 Å². The fourth-order valence-corrected chi connectivity index (χ4v) is 5.80. The second-order valence-electron chi connectivity index (χ2n) is 10.0. The van der Waals surface area contributed by atoms with Crippen molar-refractivity contribution in [2.24, 2.45) is 0 Å². The standard InChI is InChI=1S/C28H31N3O6S2/c1-28(2,3)19-8-10-20(11-9-19)39(33,34)31-27(32)21(18-7-12-22-23(16-18)30-38-29-22)13-17-14-24(35-4)26(37-6)25(15-17)36-5/h7-12,14-16,21H,13H2,1-6H3,(H,31,32). The summed E-state index contributed by atoms with van der Waals surface area (Å²) in [7, 11) is 0.388. The topological polar surface area (TPSA) is 117 Å². The van der Waals surface area contributed by atoms with Gasteiger partial charge in [0.15, 0.2) is 11.5 Å². The second-order valence-corrected chi connectivity index (χ2v) is 12.3. The molecule has 0 radical (unpaired) electrons. The molecule has 1 atom stereocenters. The van der Waals surface area contributed by atoms with Crippen molar-refractivity contribution in [3.63, 3.8) is 0 Å². The van der Waals surface area contributed by atoms with Gasteiger partial charge in [0.05, 0.1) is 43.9 Å². The molecular weight excluding hydrogens is 538 g/mol. The van der Waals surface area contributed by atoms with Crippen LogP contribution in [0, 0.1) is 0 Å². The summed E-state index contributed by atoms with van der Waals surface area (Å²) < 4.78 is 53.6. The lowest BCUT2D eigenvalue weighted by Gasteiger charge is -2.20. The van der Waals surface area contributed by atoms with Gasteiger partial charge in [0.25, 0.3) is 10.0 Å². The van der Waals surface area contributed by atoms with Crippen LogP contribution in [0.15, 0.2) is 59.5 Å². The van der Waals surface area contributed by atoms with Crippen LogP contribution in [0.2, 0.25) is 0 Å². The molecule has 4 rings (SSSR count). The van der Waals surface area contributed by atoms with Crippen LogP contribution in [0.3, 0.4) is 0 Å². The van der Waals surface area contributed by atoms with Gasteiger partial charge >= 0.3 is 0 Å². The van der Waals surface area contributed by atoms with Gasteiger partial charge in [0.2, 0.25) is 11.7 Å². The number of ether oxygens (including phenoxy) is 3. The zero-order chi connectivity index (χ0) is 28.4. The molecule has 0 spiro atoms. The van der Waals surface area contributed by atoms with Crippen LogP contribution in [-0.4, -0.2) is 44.4 Å². The highest BCUT2D eigenvalue weighted by Gasteiger charge is 2.28. The number of carbonyl (C=O) groups excluding carboxylic acids is 1. The van der Waals surface area contributed by atoms with Crippen molar-refractivity contribution in [3.05, 3.63) is 71.3 Å². The molecule has 0 aliphatic heterocycles. The quantitative estimate of drug-likeness (QED) is 0.304. The first-order valence-corrected chi connectivity index (χ1v) is 14.4. The number of sulfonamides is 1. The molecule has 4 aromatic rings. The van der Waals surface area contributed by atoms with E-state index >= 15 is 0 Å². The van der Waals surface area contributed by atoms with Crippen LogP contribution in [0.25, 0.3) is 11.0 Å². The van der Waals surface area contributed by atoms with Gasteiger partial charge in [-0.05, 0) is 64.9 Å². The number of methoxy groups -OCH3 is 3. The molecule has 0 saturated carbocycles. The summed E-state index contributed by atoms with van der Waals surface area (Å²) in [6.07, 6.45) is 0.157. The van der Waals surface area contributed by atoms with E-state index in [-0.39, 0.29) is 16.7 Å². The number of benzene rings is 3. The van der Waals surface area contributed by atoms with Crippen molar-refractivity contribution in [2.75, 3.05) is 21.3 Å². The van der Waals surface area contributed by atoms with E-state index in [1.165, 1.54) is 33.5 Å². The normalized spacial score (nSPS) is 12.7. The third kappa shape index (κ3) is 6.15. The van der Waals surface area contributed by atoms with E-state index in [0.29, 0.717) is 39.4 Å². The summed E-state index contributed by atoms with van der Waals surface area (Å²) in [5.74, 6) is -0.275. The van der Waals surface area contributed by atoms with Gasteiger partial charge in [-0.25, -0.2) is 13.1 Å². The summed E-state index contributed by atoms with van der Waals surface area (Å²) in [6.45, 7) is 6.13. The van der Waals surface area contributed by atoms with E-state index in [9.17, 15) is 13.2 Å². The van der Waals surface area contributed by atoms with Gasteiger partial charge in [0, 0.05) is 0 Å². The average molecular weight is 570 g/mol. The van der Waals surface area contributed by atoms with Crippen molar-refractivity contribution in [2.45, 2.75) is 43.4 Å². The van der Waals surface area contributed by atoms with Gasteiger partial charge in [-0.2, -0.15) is 8.75 Å². The van der Waals surface area contributed by atoms with Gasteiger partial charge in [-0.3, -0.25) is 4.79 Å². The molecule has 1 N–H and O–H groups in total. The van der Waals surface area contributed by atoms with Gasteiger partial charge in [0.1, 0.15) is 11.0 Å². The molecule has 1 amide bonds.